The van der Waals surface area contributed by atoms with E-state index in [0.717, 1.165) is 18.3 Å². The zero-order valence-corrected chi connectivity index (χ0v) is 11.5. The maximum Gasteiger partial charge on any atom is 0.229 e. The number of hydrogen-bond donors (Lipinski definition) is 1. The van der Waals surface area contributed by atoms with Crippen LogP contribution in [0.5, 0.6) is 0 Å². The highest BCUT2D eigenvalue weighted by atomic mass is 16.5. The molecule has 0 amide bonds. The average Bonchev–Trinajstić information content (AvgIpc) is 2.96. The molecule has 0 aromatic carbocycles. The minimum absolute atomic E-state index is 0.502. The molecule has 2 aromatic heterocycles. The Morgan fingerprint density at radius 1 is 1.47 bits per heavy atom. The number of nitrogens with zero attached hydrogens (tertiary/aromatic N) is 3. The van der Waals surface area contributed by atoms with E-state index in [2.05, 4.69) is 52.3 Å². The van der Waals surface area contributed by atoms with Crippen LogP contribution in [-0.4, -0.2) is 20.7 Å². The lowest BCUT2D eigenvalue weighted by Gasteiger charge is -2.05. The summed E-state index contributed by atoms with van der Waals surface area (Å²) in [6.07, 6.45) is 6.57. The van der Waals surface area contributed by atoms with Crippen molar-refractivity contribution in [2.24, 2.45) is 0 Å². The molecule has 2 heterocycles. The first-order chi connectivity index (χ1) is 9.20. The molecule has 0 aliphatic heterocycles. The van der Waals surface area contributed by atoms with Gasteiger partial charge in [-0.25, -0.2) is 0 Å². The molecule has 1 saturated carbocycles. The summed E-state index contributed by atoms with van der Waals surface area (Å²) in [4.78, 5) is 4.44. The van der Waals surface area contributed by atoms with Crippen LogP contribution in [0, 0.1) is 0 Å². The third kappa shape index (κ3) is 3.23. The van der Waals surface area contributed by atoms with Crippen LogP contribution in [0.2, 0.25) is 0 Å². The van der Waals surface area contributed by atoms with Crippen LogP contribution in [0.4, 0.5) is 0 Å². The van der Waals surface area contributed by atoms with Gasteiger partial charge in [0.25, 0.3) is 0 Å². The van der Waals surface area contributed by atoms with Gasteiger partial charge in [-0.3, -0.25) is 0 Å². The summed E-state index contributed by atoms with van der Waals surface area (Å²) in [6, 6.07) is 2.62. The fraction of sp³-hybridized carbons (Fsp3) is 0.571. The Morgan fingerprint density at radius 2 is 2.32 bits per heavy atom. The molecule has 19 heavy (non-hydrogen) atoms. The molecule has 1 aliphatic carbocycles. The van der Waals surface area contributed by atoms with Gasteiger partial charge in [0, 0.05) is 30.9 Å². The number of hydrogen-bond acceptors (Lipinski definition) is 4. The van der Waals surface area contributed by atoms with Crippen LogP contribution in [0.25, 0.3) is 0 Å². The lowest BCUT2D eigenvalue weighted by Crippen LogP contribution is -2.21. The van der Waals surface area contributed by atoms with E-state index in [0.29, 0.717) is 18.5 Å². The van der Waals surface area contributed by atoms with Gasteiger partial charge in [-0.15, -0.1) is 0 Å². The molecule has 0 bridgehead atoms. The normalized spacial score (nSPS) is 15.3. The van der Waals surface area contributed by atoms with E-state index >= 15 is 0 Å². The first-order valence-corrected chi connectivity index (χ1v) is 6.91. The van der Waals surface area contributed by atoms with Crippen molar-refractivity contribution >= 4 is 0 Å². The standard InChI is InChI=1S/C14H20N4O/c1-10(2)15-7-11-5-6-18(8-11)9-13-16-14(19-17-13)12-3-4-12/h5-6,8,10,12,15H,3-4,7,9H2,1-2H3. The third-order valence-corrected chi connectivity index (χ3v) is 3.26. The Kier molecular flexibility index (Phi) is 3.38. The molecular formula is C14H20N4O. The highest BCUT2D eigenvalue weighted by Crippen LogP contribution is 2.38. The summed E-state index contributed by atoms with van der Waals surface area (Å²) in [7, 11) is 0. The van der Waals surface area contributed by atoms with Gasteiger partial charge in [0.1, 0.15) is 0 Å². The summed E-state index contributed by atoms with van der Waals surface area (Å²) in [6.45, 7) is 5.87. The molecule has 102 valence electrons. The molecule has 1 N–H and O–H groups in total. The van der Waals surface area contributed by atoms with Crippen molar-refractivity contribution in [2.75, 3.05) is 0 Å². The largest absolute Gasteiger partial charge is 0.346 e. The molecule has 1 aliphatic rings. The van der Waals surface area contributed by atoms with Gasteiger partial charge < -0.3 is 14.4 Å². The van der Waals surface area contributed by atoms with Crippen molar-refractivity contribution in [3.63, 3.8) is 0 Å². The van der Waals surface area contributed by atoms with Crippen LogP contribution >= 0.6 is 0 Å². The van der Waals surface area contributed by atoms with E-state index in [1.165, 1.54) is 18.4 Å². The zero-order valence-electron chi connectivity index (χ0n) is 11.5. The summed E-state index contributed by atoms with van der Waals surface area (Å²) in [5.74, 6) is 2.10. The van der Waals surface area contributed by atoms with Gasteiger partial charge in [0.05, 0.1) is 6.54 Å². The fourth-order valence-corrected chi connectivity index (χ4v) is 2.01. The highest BCUT2D eigenvalue weighted by molar-refractivity contribution is 5.11. The Morgan fingerprint density at radius 3 is 3.05 bits per heavy atom. The van der Waals surface area contributed by atoms with Crippen LogP contribution in [-0.2, 0) is 13.1 Å². The third-order valence-electron chi connectivity index (χ3n) is 3.26. The summed E-state index contributed by atoms with van der Waals surface area (Å²) < 4.78 is 7.36. The SMILES string of the molecule is CC(C)NCc1ccn(Cc2noc(C3CC3)n2)c1. The molecular weight excluding hydrogens is 240 g/mol. The Labute approximate surface area is 113 Å². The summed E-state index contributed by atoms with van der Waals surface area (Å²) in [5.41, 5.74) is 1.28. The monoisotopic (exact) mass is 260 g/mol. The van der Waals surface area contributed by atoms with E-state index < -0.39 is 0 Å². The molecule has 0 unspecified atom stereocenters. The van der Waals surface area contributed by atoms with E-state index in [-0.39, 0.29) is 0 Å². The number of aromatic nitrogens is 3. The van der Waals surface area contributed by atoms with E-state index in [1.54, 1.807) is 0 Å². The lowest BCUT2D eigenvalue weighted by molar-refractivity contribution is 0.373. The first kappa shape index (κ1) is 12.4. The van der Waals surface area contributed by atoms with Gasteiger partial charge in [0.2, 0.25) is 5.89 Å². The molecule has 0 spiro atoms. The van der Waals surface area contributed by atoms with Gasteiger partial charge >= 0.3 is 0 Å². The quantitative estimate of drug-likeness (QED) is 0.866. The minimum atomic E-state index is 0.502. The molecule has 5 nitrogen and oxygen atoms in total. The van der Waals surface area contributed by atoms with Crippen molar-refractivity contribution in [1.82, 2.24) is 20.0 Å². The first-order valence-electron chi connectivity index (χ1n) is 6.91. The average molecular weight is 260 g/mol. The van der Waals surface area contributed by atoms with Crippen molar-refractivity contribution in [3.05, 3.63) is 35.7 Å². The summed E-state index contributed by atoms with van der Waals surface area (Å²) >= 11 is 0. The van der Waals surface area contributed by atoms with Crippen molar-refractivity contribution in [3.8, 4) is 0 Å². The lowest BCUT2D eigenvalue weighted by atomic mass is 10.3. The van der Waals surface area contributed by atoms with Crippen LogP contribution in [0.3, 0.4) is 0 Å². The predicted octanol–water partition coefficient (Wildman–Crippen LogP) is 2.29. The fourth-order valence-electron chi connectivity index (χ4n) is 2.01. The molecule has 0 saturated heterocycles. The minimum Gasteiger partial charge on any atom is -0.346 e. The topological polar surface area (TPSA) is 55.9 Å². The molecule has 3 rings (SSSR count). The van der Waals surface area contributed by atoms with E-state index in [1.807, 2.05) is 0 Å². The molecule has 0 atom stereocenters. The Balaban J connectivity index is 1.59. The van der Waals surface area contributed by atoms with Crippen LogP contribution in [0.1, 0.15) is 49.9 Å². The predicted molar refractivity (Wildman–Crippen MR) is 71.8 cm³/mol. The molecule has 0 radical (unpaired) electrons. The van der Waals surface area contributed by atoms with Crippen molar-refractivity contribution in [1.29, 1.82) is 0 Å². The van der Waals surface area contributed by atoms with E-state index in [4.69, 9.17) is 4.52 Å². The second kappa shape index (κ2) is 5.17. The summed E-state index contributed by atoms with van der Waals surface area (Å²) in [5, 5.41) is 7.44. The van der Waals surface area contributed by atoms with Gasteiger partial charge in [-0.1, -0.05) is 19.0 Å². The number of nitrogens with one attached hydrogen (secondary N) is 1. The second-order valence-electron chi connectivity index (χ2n) is 5.55. The van der Waals surface area contributed by atoms with Gasteiger partial charge in [-0.2, -0.15) is 4.98 Å². The second-order valence-corrected chi connectivity index (χ2v) is 5.55. The molecule has 5 heteroatoms. The van der Waals surface area contributed by atoms with E-state index in [9.17, 15) is 0 Å². The van der Waals surface area contributed by atoms with Gasteiger partial charge in [0.15, 0.2) is 5.82 Å². The Bertz CT molecular complexity index is 539. The number of rotatable bonds is 6. The molecule has 2 aromatic rings. The smallest absolute Gasteiger partial charge is 0.229 e. The Hall–Kier alpha value is -1.62. The maximum atomic E-state index is 5.26. The molecule has 1 fully saturated rings. The zero-order chi connectivity index (χ0) is 13.2. The van der Waals surface area contributed by atoms with Crippen molar-refractivity contribution < 1.29 is 4.52 Å². The highest BCUT2D eigenvalue weighted by Gasteiger charge is 2.29. The van der Waals surface area contributed by atoms with Crippen molar-refractivity contribution in [2.45, 2.75) is 51.7 Å². The van der Waals surface area contributed by atoms with Crippen LogP contribution < -0.4 is 5.32 Å². The maximum absolute atomic E-state index is 5.26. The van der Waals surface area contributed by atoms with Crippen LogP contribution in [0.15, 0.2) is 23.0 Å². The van der Waals surface area contributed by atoms with Gasteiger partial charge in [-0.05, 0) is 24.5 Å².